The van der Waals surface area contributed by atoms with Gasteiger partial charge in [-0.25, -0.2) is 4.98 Å². The van der Waals surface area contributed by atoms with Crippen LogP contribution in [0.25, 0.3) is 0 Å². The second kappa shape index (κ2) is 5.78. The number of imidazole rings is 1. The van der Waals surface area contributed by atoms with Gasteiger partial charge < -0.3 is 15.0 Å². The van der Waals surface area contributed by atoms with Crippen molar-refractivity contribution in [1.29, 1.82) is 0 Å². The molecule has 0 aliphatic heterocycles. The average Bonchev–Trinajstić information content (AvgIpc) is 2.67. The van der Waals surface area contributed by atoms with Crippen LogP contribution >= 0.6 is 0 Å². The van der Waals surface area contributed by atoms with E-state index in [2.05, 4.69) is 28.7 Å². The van der Waals surface area contributed by atoms with Crippen molar-refractivity contribution in [2.24, 2.45) is 0 Å². The third-order valence-corrected chi connectivity index (χ3v) is 2.40. The van der Waals surface area contributed by atoms with E-state index in [1.54, 1.807) is 6.20 Å². The molecule has 1 aromatic heterocycles. The third-order valence-electron chi connectivity index (χ3n) is 2.40. The number of nitrogens with zero attached hydrogens (tertiary/aromatic N) is 2. The maximum absolute atomic E-state index is 8.99. The largest absolute Gasteiger partial charge is 0.395 e. The Bertz CT molecular complexity index is 256. The summed E-state index contributed by atoms with van der Waals surface area (Å²) in [6.07, 6.45) is 4.71. The minimum atomic E-state index is 0.178. The van der Waals surface area contributed by atoms with Gasteiger partial charge in [0.1, 0.15) is 5.82 Å². The summed E-state index contributed by atoms with van der Waals surface area (Å²) in [5, 5.41) is 12.3. The van der Waals surface area contributed by atoms with Gasteiger partial charge in [-0.05, 0) is 13.3 Å². The van der Waals surface area contributed by atoms with Gasteiger partial charge in [0.25, 0.3) is 0 Å². The van der Waals surface area contributed by atoms with Crippen molar-refractivity contribution >= 4 is 0 Å². The maximum atomic E-state index is 8.99. The summed E-state index contributed by atoms with van der Waals surface area (Å²) >= 11 is 0. The predicted molar refractivity (Wildman–Crippen MR) is 55.9 cm³/mol. The van der Waals surface area contributed by atoms with Crippen molar-refractivity contribution in [1.82, 2.24) is 14.9 Å². The summed E-state index contributed by atoms with van der Waals surface area (Å²) in [6.45, 7) is 5.99. The quantitative estimate of drug-likeness (QED) is 0.708. The van der Waals surface area contributed by atoms with Crippen LogP contribution < -0.4 is 5.32 Å². The van der Waals surface area contributed by atoms with Crippen molar-refractivity contribution in [3.8, 4) is 0 Å². The van der Waals surface area contributed by atoms with Gasteiger partial charge in [-0.2, -0.15) is 0 Å². The number of hydrogen-bond acceptors (Lipinski definition) is 3. The highest BCUT2D eigenvalue weighted by molar-refractivity contribution is 4.92. The van der Waals surface area contributed by atoms with Gasteiger partial charge in [-0.1, -0.05) is 6.92 Å². The first-order valence-electron chi connectivity index (χ1n) is 5.16. The molecule has 1 aromatic rings. The molecule has 80 valence electrons. The van der Waals surface area contributed by atoms with Crippen molar-refractivity contribution in [2.75, 3.05) is 6.61 Å². The van der Waals surface area contributed by atoms with Crippen LogP contribution in [-0.2, 0) is 13.1 Å². The van der Waals surface area contributed by atoms with E-state index in [-0.39, 0.29) is 12.6 Å². The number of rotatable bonds is 6. The van der Waals surface area contributed by atoms with Gasteiger partial charge in [-0.15, -0.1) is 0 Å². The lowest BCUT2D eigenvalue weighted by atomic mass is 10.2. The van der Waals surface area contributed by atoms with Crippen molar-refractivity contribution in [3.05, 3.63) is 18.2 Å². The van der Waals surface area contributed by atoms with Crippen LogP contribution in [0.15, 0.2) is 12.4 Å². The second-order valence-corrected chi connectivity index (χ2v) is 3.30. The van der Waals surface area contributed by atoms with Gasteiger partial charge in [0.15, 0.2) is 0 Å². The molecule has 0 saturated carbocycles. The molecule has 0 bridgehead atoms. The summed E-state index contributed by atoms with van der Waals surface area (Å²) in [6, 6.07) is 0.178. The molecule has 0 unspecified atom stereocenters. The first kappa shape index (κ1) is 11.2. The van der Waals surface area contributed by atoms with E-state index in [4.69, 9.17) is 5.11 Å². The summed E-state index contributed by atoms with van der Waals surface area (Å²) in [4.78, 5) is 4.25. The SMILES string of the molecule is CC[C@H](CO)NCc1nccn1CC. The zero-order valence-electron chi connectivity index (χ0n) is 8.90. The molecule has 0 radical (unpaired) electrons. The number of aliphatic hydroxyl groups is 1. The summed E-state index contributed by atoms with van der Waals surface area (Å²) in [5.41, 5.74) is 0. The van der Waals surface area contributed by atoms with Crippen molar-refractivity contribution in [2.45, 2.75) is 39.4 Å². The van der Waals surface area contributed by atoms with Crippen molar-refractivity contribution < 1.29 is 5.11 Å². The molecule has 0 spiro atoms. The van der Waals surface area contributed by atoms with E-state index in [1.807, 2.05) is 6.20 Å². The highest BCUT2D eigenvalue weighted by Crippen LogP contribution is 1.98. The Morgan fingerprint density at radius 1 is 1.57 bits per heavy atom. The fourth-order valence-corrected chi connectivity index (χ4v) is 1.37. The standard InChI is InChI=1S/C10H19N3O/c1-3-9(8-14)12-7-10-11-5-6-13(10)4-2/h5-6,9,12,14H,3-4,7-8H2,1-2H3/t9-/m1/s1. The van der Waals surface area contributed by atoms with Crippen LogP contribution in [0.5, 0.6) is 0 Å². The smallest absolute Gasteiger partial charge is 0.122 e. The monoisotopic (exact) mass is 197 g/mol. The average molecular weight is 197 g/mol. The second-order valence-electron chi connectivity index (χ2n) is 3.30. The Balaban J connectivity index is 2.44. The number of nitrogens with one attached hydrogen (secondary N) is 1. The van der Waals surface area contributed by atoms with E-state index < -0.39 is 0 Å². The number of hydrogen-bond donors (Lipinski definition) is 2. The number of aliphatic hydroxyl groups excluding tert-OH is 1. The van der Waals surface area contributed by atoms with Crippen LogP contribution in [0.1, 0.15) is 26.1 Å². The highest BCUT2D eigenvalue weighted by atomic mass is 16.3. The van der Waals surface area contributed by atoms with E-state index in [9.17, 15) is 0 Å². The fourth-order valence-electron chi connectivity index (χ4n) is 1.37. The lowest BCUT2D eigenvalue weighted by Crippen LogP contribution is -2.32. The molecule has 0 saturated heterocycles. The van der Waals surface area contributed by atoms with Gasteiger partial charge in [-0.3, -0.25) is 0 Å². The zero-order chi connectivity index (χ0) is 10.4. The molecule has 2 N–H and O–H groups in total. The number of aromatic nitrogens is 2. The molecule has 0 aliphatic rings. The Kier molecular flexibility index (Phi) is 4.62. The highest BCUT2D eigenvalue weighted by Gasteiger charge is 2.05. The van der Waals surface area contributed by atoms with Crippen molar-refractivity contribution in [3.63, 3.8) is 0 Å². The maximum Gasteiger partial charge on any atom is 0.122 e. The van der Waals surface area contributed by atoms with Crippen LogP contribution in [-0.4, -0.2) is 27.3 Å². The molecule has 1 rings (SSSR count). The summed E-state index contributed by atoms with van der Waals surface area (Å²) in [7, 11) is 0. The normalized spacial score (nSPS) is 13.1. The van der Waals surface area contributed by atoms with Gasteiger partial charge in [0.2, 0.25) is 0 Å². The molecule has 0 aliphatic carbocycles. The topological polar surface area (TPSA) is 50.1 Å². The minimum absolute atomic E-state index is 0.178. The van der Waals surface area contributed by atoms with E-state index in [1.165, 1.54) is 0 Å². The molecule has 0 fully saturated rings. The molecule has 0 amide bonds. The van der Waals surface area contributed by atoms with Crippen LogP contribution in [0, 0.1) is 0 Å². The van der Waals surface area contributed by atoms with E-state index in [0.717, 1.165) is 25.3 Å². The molecule has 4 heteroatoms. The minimum Gasteiger partial charge on any atom is -0.395 e. The number of aryl methyl sites for hydroxylation is 1. The lowest BCUT2D eigenvalue weighted by molar-refractivity contribution is 0.237. The lowest BCUT2D eigenvalue weighted by Gasteiger charge is -2.13. The van der Waals surface area contributed by atoms with Crippen LogP contribution in [0.2, 0.25) is 0 Å². The van der Waals surface area contributed by atoms with E-state index in [0.29, 0.717) is 0 Å². The van der Waals surface area contributed by atoms with Crippen LogP contribution in [0.4, 0.5) is 0 Å². The fraction of sp³-hybridized carbons (Fsp3) is 0.700. The Hall–Kier alpha value is -0.870. The van der Waals surface area contributed by atoms with Gasteiger partial charge in [0, 0.05) is 25.0 Å². The first-order chi connectivity index (χ1) is 6.81. The van der Waals surface area contributed by atoms with Gasteiger partial charge >= 0.3 is 0 Å². The molecule has 0 aromatic carbocycles. The molecule has 4 nitrogen and oxygen atoms in total. The molecular formula is C10H19N3O. The van der Waals surface area contributed by atoms with Gasteiger partial charge in [0.05, 0.1) is 13.2 Å². The summed E-state index contributed by atoms with van der Waals surface area (Å²) in [5.74, 6) is 1.03. The Morgan fingerprint density at radius 2 is 2.36 bits per heavy atom. The Morgan fingerprint density at radius 3 is 2.93 bits per heavy atom. The zero-order valence-corrected chi connectivity index (χ0v) is 8.90. The molecule has 1 heterocycles. The summed E-state index contributed by atoms with van der Waals surface area (Å²) < 4.78 is 2.09. The van der Waals surface area contributed by atoms with E-state index >= 15 is 0 Å². The molecular weight excluding hydrogens is 178 g/mol. The Labute approximate surface area is 85.0 Å². The van der Waals surface area contributed by atoms with Crippen LogP contribution in [0.3, 0.4) is 0 Å². The predicted octanol–water partition coefficient (Wildman–Crippen LogP) is 0.763. The first-order valence-corrected chi connectivity index (χ1v) is 5.16. The third kappa shape index (κ3) is 2.82. The molecule has 1 atom stereocenters. The molecule has 14 heavy (non-hydrogen) atoms.